The number of benzene rings is 1. The van der Waals surface area contributed by atoms with E-state index in [0.29, 0.717) is 29.0 Å². The Morgan fingerprint density at radius 3 is 2.72 bits per heavy atom. The minimum Gasteiger partial charge on any atom is -0.469 e. The fourth-order valence-corrected chi connectivity index (χ4v) is 3.70. The average Bonchev–Trinajstić information content (AvgIpc) is 3.02. The molecule has 0 amide bonds. The van der Waals surface area contributed by atoms with E-state index in [-0.39, 0.29) is 23.8 Å². The van der Waals surface area contributed by atoms with Gasteiger partial charge in [-0.3, -0.25) is 14.2 Å². The molecule has 5 nitrogen and oxygen atoms in total. The highest BCUT2D eigenvalue weighted by Crippen LogP contribution is 2.31. The van der Waals surface area contributed by atoms with Crippen LogP contribution in [-0.2, 0) is 16.1 Å². The topological polar surface area (TPSA) is 61.2 Å². The van der Waals surface area contributed by atoms with Gasteiger partial charge in [-0.1, -0.05) is 12.1 Å². The number of hydrogen-bond donors (Lipinski definition) is 0. The molecule has 0 saturated heterocycles. The summed E-state index contributed by atoms with van der Waals surface area (Å²) in [4.78, 5) is 29.4. The molecule has 0 atom stereocenters. The van der Waals surface area contributed by atoms with E-state index in [2.05, 4.69) is 9.72 Å². The minimum atomic E-state index is -0.322. The van der Waals surface area contributed by atoms with Crippen LogP contribution in [0.3, 0.4) is 0 Å². The zero-order chi connectivity index (χ0) is 18.0. The summed E-state index contributed by atoms with van der Waals surface area (Å²) < 4.78 is 19.4. The van der Waals surface area contributed by atoms with Gasteiger partial charge in [-0.2, -0.15) is 0 Å². The lowest BCUT2D eigenvalue weighted by molar-refractivity contribution is -0.140. The van der Waals surface area contributed by atoms with Gasteiger partial charge in [0, 0.05) is 23.9 Å². The van der Waals surface area contributed by atoms with Crippen LogP contribution in [0.15, 0.2) is 34.4 Å². The van der Waals surface area contributed by atoms with E-state index in [0.717, 1.165) is 11.1 Å². The zero-order valence-electron chi connectivity index (χ0n) is 13.9. The number of carbonyl (C=O) groups is 1. The van der Waals surface area contributed by atoms with Gasteiger partial charge in [-0.25, -0.2) is 9.37 Å². The smallest absolute Gasteiger partial charge is 0.305 e. The molecule has 0 saturated carbocycles. The van der Waals surface area contributed by atoms with Crippen LogP contribution >= 0.6 is 11.3 Å². The van der Waals surface area contributed by atoms with Gasteiger partial charge >= 0.3 is 5.97 Å². The minimum absolute atomic E-state index is 0.145. The second-order valence-electron chi connectivity index (χ2n) is 5.63. The van der Waals surface area contributed by atoms with Crippen LogP contribution in [0, 0.1) is 12.7 Å². The first-order valence-electron chi connectivity index (χ1n) is 7.82. The summed E-state index contributed by atoms with van der Waals surface area (Å²) in [7, 11) is 1.34. The number of aromatic nitrogens is 2. The molecule has 7 heteroatoms. The third-order valence-electron chi connectivity index (χ3n) is 4.03. The van der Waals surface area contributed by atoms with E-state index in [1.807, 2.05) is 5.38 Å². The van der Waals surface area contributed by atoms with Crippen molar-refractivity contribution >= 4 is 27.5 Å². The first-order valence-corrected chi connectivity index (χ1v) is 8.70. The number of methoxy groups -OCH3 is 1. The largest absolute Gasteiger partial charge is 0.469 e. The Bertz CT molecular complexity index is 976. The van der Waals surface area contributed by atoms with Gasteiger partial charge in [-0.15, -0.1) is 11.3 Å². The molecular formula is C18H17FN2O3S. The maximum Gasteiger partial charge on any atom is 0.305 e. The summed E-state index contributed by atoms with van der Waals surface area (Å²) in [5.41, 5.74) is 1.38. The van der Waals surface area contributed by atoms with E-state index in [1.54, 1.807) is 23.6 Å². The molecule has 130 valence electrons. The summed E-state index contributed by atoms with van der Waals surface area (Å²) in [6, 6.07) is 6.04. The van der Waals surface area contributed by atoms with Crippen LogP contribution in [0.4, 0.5) is 4.39 Å². The van der Waals surface area contributed by atoms with E-state index in [1.165, 1.54) is 30.6 Å². The molecule has 2 heterocycles. The molecule has 0 N–H and O–H groups in total. The number of rotatable bonds is 5. The van der Waals surface area contributed by atoms with Crippen molar-refractivity contribution in [2.75, 3.05) is 7.11 Å². The molecule has 0 bridgehead atoms. The SMILES string of the molecule is COC(=O)CCCn1c(C)nc2scc(-c3ccc(F)cc3)c2c1=O. The molecule has 3 rings (SSSR count). The predicted molar refractivity (Wildman–Crippen MR) is 95.3 cm³/mol. The normalized spacial score (nSPS) is 11.0. The van der Waals surface area contributed by atoms with Crippen LogP contribution in [0.5, 0.6) is 0 Å². The third-order valence-corrected chi connectivity index (χ3v) is 4.90. The molecule has 3 aromatic rings. The number of nitrogens with zero attached hydrogens (tertiary/aromatic N) is 2. The molecule has 0 aliphatic heterocycles. The van der Waals surface area contributed by atoms with Gasteiger partial charge in [0.2, 0.25) is 0 Å². The van der Waals surface area contributed by atoms with E-state index < -0.39 is 0 Å². The molecule has 0 fully saturated rings. The van der Waals surface area contributed by atoms with Crippen molar-refractivity contribution in [2.45, 2.75) is 26.3 Å². The molecule has 0 radical (unpaired) electrons. The molecule has 0 aliphatic rings. The molecule has 2 aromatic heterocycles. The van der Waals surface area contributed by atoms with Crippen molar-refractivity contribution in [1.29, 1.82) is 0 Å². The number of carbonyl (C=O) groups excluding carboxylic acids is 1. The highest BCUT2D eigenvalue weighted by molar-refractivity contribution is 7.17. The summed E-state index contributed by atoms with van der Waals surface area (Å²) in [6.07, 6.45) is 0.742. The molecular weight excluding hydrogens is 343 g/mol. The Morgan fingerprint density at radius 2 is 2.04 bits per heavy atom. The van der Waals surface area contributed by atoms with Gasteiger partial charge in [0.1, 0.15) is 16.5 Å². The van der Waals surface area contributed by atoms with Gasteiger partial charge in [0.15, 0.2) is 0 Å². The van der Waals surface area contributed by atoms with Crippen molar-refractivity contribution in [3.63, 3.8) is 0 Å². The summed E-state index contributed by atoms with van der Waals surface area (Å²) in [5.74, 6) is -0.0189. The van der Waals surface area contributed by atoms with Crippen molar-refractivity contribution in [2.24, 2.45) is 0 Å². The van der Waals surface area contributed by atoms with Crippen molar-refractivity contribution < 1.29 is 13.9 Å². The van der Waals surface area contributed by atoms with Crippen LogP contribution in [0.2, 0.25) is 0 Å². The Morgan fingerprint density at radius 1 is 1.32 bits per heavy atom. The maximum absolute atomic E-state index is 13.2. The number of aryl methyl sites for hydroxylation is 1. The second kappa shape index (κ2) is 7.14. The molecule has 0 aliphatic carbocycles. The monoisotopic (exact) mass is 360 g/mol. The second-order valence-corrected chi connectivity index (χ2v) is 6.49. The highest BCUT2D eigenvalue weighted by Gasteiger charge is 2.15. The zero-order valence-corrected chi connectivity index (χ0v) is 14.7. The van der Waals surface area contributed by atoms with Gasteiger partial charge in [0.05, 0.1) is 12.5 Å². The summed E-state index contributed by atoms with van der Waals surface area (Å²) >= 11 is 1.39. The fraction of sp³-hybridized carbons (Fsp3) is 0.278. The third kappa shape index (κ3) is 3.46. The molecule has 0 spiro atoms. The maximum atomic E-state index is 13.2. The van der Waals surface area contributed by atoms with Crippen molar-refractivity contribution in [3.05, 3.63) is 51.6 Å². The lowest BCUT2D eigenvalue weighted by atomic mass is 10.1. The molecule has 0 unspecified atom stereocenters. The lowest BCUT2D eigenvalue weighted by Gasteiger charge is -2.09. The van der Waals surface area contributed by atoms with Gasteiger partial charge in [-0.05, 0) is 31.0 Å². The Balaban J connectivity index is 2.02. The van der Waals surface area contributed by atoms with Crippen LogP contribution < -0.4 is 5.56 Å². The Hall–Kier alpha value is -2.54. The molecule has 25 heavy (non-hydrogen) atoms. The quantitative estimate of drug-likeness (QED) is 0.653. The van der Waals surface area contributed by atoms with Crippen LogP contribution in [0.25, 0.3) is 21.3 Å². The number of ether oxygens (including phenoxy) is 1. The van der Waals surface area contributed by atoms with Crippen LogP contribution in [-0.4, -0.2) is 22.6 Å². The average molecular weight is 360 g/mol. The lowest BCUT2D eigenvalue weighted by Crippen LogP contribution is -2.24. The van der Waals surface area contributed by atoms with Crippen molar-refractivity contribution in [1.82, 2.24) is 9.55 Å². The number of fused-ring (bicyclic) bond motifs is 1. The fourth-order valence-electron chi connectivity index (χ4n) is 2.71. The summed E-state index contributed by atoms with van der Waals surface area (Å²) in [5, 5.41) is 2.39. The standard InChI is InChI=1S/C18H17FN2O3S/c1-11-20-17-16(18(23)21(11)9-3-4-15(22)24-2)14(10-25-17)12-5-7-13(19)8-6-12/h5-8,10H,3-4,9H2,1-2H3. The Kier molecular flexibility index (Phi) is 4.94. The number of hydrogen-bond acceptors (Lipinski definition) is 5. The number of halogens is 1. The molecule has 1 aromatic carbocycles. The van der Waals surface area contributed by atoms with Gasteiger partial charge < -0.3 is 4.74 Å². The Labute approximate surface area is 147 Å². The number of thiophene rings is 1. The van der Waals surface area contributed by atoms with E-state index >= 15 is 0 Å². The van der Waals surface area contributed by atoms with E-state index in [4.69, 9.17) is 0 Å². The van der Waals surface area contributed by atoms with Crippen molar-refractivity contribution in [3.8, 4) is 11.1 Å². The van der Waals surface area contributed by atoms with E-state index in [9.17, 15) is 14.0 Å². The van der Waals surface area contributed by atoms with Crippen LogP contribution in [0.1, 0.15) is 18.7 Å². The summed E-state index contributed by atoms with van der Waals surface area (Å²) in [6.45, 7) is 2.16. The highest BCUT2D eigenvalue weighted by atomic mass is 32.1. The van der Waals surface area contributed by atoms with Gasteiger partial charge in [0.25, 0.3) is 5.56 Å². The first-order chi connectivity index (χ1) is 12.0. The predicted octanol–water partition coefficient (Wildman–Crippen LogP) is 3.53. The number of esters is 1. The first kappa shape index (κ1) is 17.3.